The van der Waals surface area contributed by atoms with E-state index in [1.54, 1.807) is 17.5 Å². The zero-order valence-corrected chi connectivity index (χ0v) is 6.56. The summed E-state index contributed by atoms with van der Waals surface area (Å²) in [6.45, 7) is 0. The van der Waals surface area contributed by atoms with Crippen LogP contribution in [0, 0.1) is 0 Å². The van der Waals surface area contributed by atoms with Crippen LogP contribution in [0.5, 0.6) is 0 Å². The highest BCUT2D eigenvalue weighted by atomic mass is 32.1. The molecule has 4 heteroatoms. The number of aromatic nitrogens is 1. The van der Waals surface area contributed by atoms with Crippen molar-refractivity contribution in [3.8, 4) is 0 Å². The summed E-state index contributed by atoms with van der Waals surface area (Å²) in [5, 5.41) is 2.14. The average molecular weight is 165 g/mol. The van der Waals surface area contributed by atoms with E-state index in [1.165, 1.54) is 5.39 Å². The number of nitrogen functional groups attached to an aromatic ring is 1. The number of hydrazine groups is 1. The number of anilines is 1. The molecule has 0 atom stereocenters. The van der Waals surface area contributed by atoms with Gasteiger partial charge in [-0.05, 0) is 17.5 Å². The van der Waals surface area contributed by atoms with Gasteiger partial charge in [-0.3, -0.25) is 4.98 Å². The highest BCUT2D eigenvalue weighted by molar-refractivity contribution is 7.22. The van der Waals surface area contributed by atoms with Crippen LogP contribution in [0.1, 0.15) is 0 Å². The van der Waals surface area contributed by atoms with Crippen LogP contribution < -0.4 is 11.3 Å². The quantitative estimate of drug-likeness (QED) is 0.498. The van der Waals surface area contributed by atoms with Crippen molar-refractivity contribution in [3.05, 3.63) is 24.5 Å². The minimum atomic E-state index is 0.966. The highest BCUT2D eigenvalue weighted by Gasteiger charge is 1.97. The maximum Gasteiger partial charge on any atom is 0.104 e. The van der Waals surface area contributed by atoms with Crippen LogP contribution in [0.2, 0.25) is 0 Å². The molecule has 2 heterocycles. The first-order chi connectivity index (χ1) is 5.40. The van der Waals surface area contributed by atoms with Crippen LogP contribution in [0.25, 0.3) is 10.1 Å². The topological polar surface area (TPSA) is 50.9 Å². The zero-order chi connectivity index (χ0) is 7.68. The fraction of sp³-hybridized carbons (Fsp3) is 0. The third kappa shape index (κ3) is 1.06. The van der Waals surface area contributed by atoms with Gasteiger partial charge >= 0.3 is 0 Å². The molecule has 2 rings (SSSR count). The Bertz CT molecular complexity index is 335. The largest absolute Gasteiger partial charge is 0.315 e. The average Bonchev–Trinajstić information content (AvgIpc) is 2.46. The Morgan fingerprint density at radius 1 is 1.55 bits per heavy atom. The minimum absolute atomic E-state index is 0.966. The van der Waals surface area contributed by atoms with Gasteiger partial charge in [-0.15, -0.1) is 11.3 Å². The number of fused-ring (bicyclic) bond motifs is 1. The summed E-state index contributed by atoms with van der Waals surface area (Å²) >= 11 is 1.60. The van der Waals surface area contributed by atoms with Crippen molar-refractivity contribution >= 4 is 26.4 Å². The smallest absolute Gasteiger partial charge is 0.104 e. The van der Waals surface area contributed by atoms with Crippen LogP contribution >= 0.6 is 11.3 Å². The first-order valence-corrected chi connectivity index (χ1v) is 4.02. The number of thiophene rings is 1. The molecule has 2 aromatic rings. The Morgan fingerprint density at radius 3 is 3.18 bits per heavy atom. The monoisotopic (exact) mass is 165 g/mol. The van der Waals surface area contributed by atoms with Crippen LogP contribution in [0.15, 0.2) is 24.5 Å². The SMILES string of the molecule is NNc1cc2ccncc2s1. The molecule has 0 amide bonds. The van der Waals surface area contributed by atoms with Crippen molar-refractivity contribution in [2.24, 2.45) is 5.84 Å². The number of nitrogens with two attached hydrogens (primary N) is 1. The molecule has 0 spiro atoms. The van der Waals surface area contributed by atoms with Crippen LogP contribution in [-0.4, -0.2) is 4.98 Å². The van der Waals surface area contributed by atoms with Gasteiger partial charge in [0.1, 0.15) is 5.00 Å². The third-order valence-corrected chi connectivity index (χ3v) is 2.48. The molecule has 0 aromatic carbocycles. The molecule has 2 aromatic heterocycles. The first-order valence-electron chi connectivity index (χ1n) is 3.20. The molecule has 11 heavy (non-hydrogen) atoms. The molecule has 0 unspecified atom stereocenters. The van der Waals surface area contributed by atoms with Crippen molar-refractivity contribution in [1.82, 2.24) is 4.98 Å². The van der Waals surface area contributed by atoms with Crippen molar-refractivity contribution < 1.29 is 0 Å². The maximum atomic E-state index is 5.25. The minimum Gasteiger partial charge on any atom is -0.315 e. The predicted octanol–water partition coefficient (Wildman–Crippen LogP) is 1.58. The molecule has 0 aliphatic carbocycles. The third-order valence-electron chi connectivity index (χ3n) is 1.47. The van der Waals surface area contributed by atoms with Gasteiger partial charge in [0.15, 0.2) is 0 Å². The summed E-state index contributed by atoms with van der Waals surface area (Å²) in [4.78, 5) is 4.00. The molecule has 0 fully saturated rings. The summed E-state index contributed by atoms with van der Waals surface area (Å²) in [5.41, 5.74) is 2.61. The van der Waals surface area contributed by atoms with E-state index >= 15 is 0 Å². The standard InChI is InChI=1S/C7H7N3S/c8-10-7-3-5-1-2-9-4-6(5)11-7/h1-4,10H,8H2. The van der Waals surface area contributed by atoms with Crippen molar-refractivity contribution in [2.45, 2.75) is 0 Å². The lowest BCUT2D eigenvalue weighted by molar-refractivity contribution is 1.37. The van der Waals surface area contributed by atoms with Gasteiger partial charge in [0.05, 0.1) is 4.70 Å². The molecule has 3 nitrogen and oxygen atoms in total. The lowest BCUT2D eigenvalue weighted by Crippen LogP contribution is -2.03. The molecule has 0 aliphatic rings. The van der Waals surface area contributed by atoms with Gasteiger partial charge in [-0.2, -0.15) is 0 Å². The number of rotatable bonds is 1. The van der Waals surface area contributed by atoms with E-state index in [1.807, 2.05) is 18.3 Å². The number of nitrogens with zero attached hydrogens (tertiary/aromatic N) is 1. The number of hydrogen-bond donors (Lipinski definition) is 2. The summed E-state index contributed by atoms with van der Waals surface area (Å²) in [7, 11) is 0. The van der Waals surface area contributed by atoms with E-state index in [9.17, 15) is 0 Å². The Hall–Kier alpha value is -1.13. The number of hydrogen-bond acceptors (Lipinski definition) is 4. The van der Waals surface area contributed by atoms with Gasteiger partial charge in [0, 0.05) is 12.4 Å². The van der Waals surface area contributed by atoms with Crippen molar-refractivity contribution in [1.29, 1.82) is 0 Å². The van der Waals surface area contributed by atoms with Gasteiger partial charge < -0.3 is 5.43 Å². The molecule has 0 radical (unpaired) electrons. The molecule has 0 saturated heterocycles. The van der Waals surface area contributed by atoms with E-state index in [0.29, 0.717) is 0 Å². The Balaban J connectivity index is 2.69. The van der Waals surface area contributed by atoms with Gasteiger partial charge in [0.25, 0.3) is 0 Å². The second-order valence-electron chi connectivity index (χ2n) is 2.17. The Kier molecular flexibility index (Phi) is 1.48. The Morgan fingerprint density at radius 2 is 2.45 bits per heavy atom. The van der Waals surface area contributed by atoms with E-state index in [0.717, 1.165) is 9.70 Å². The van der Waals surface area contributed by atoms with Gasteiger partial charge in [0.2, 0.25) is 0 Å². The van der Waals surface area contributed by atoms with Crippen molar-refractivity contribution in [2.75, 3.05) is 5.43 Å². The molecule has 0 aliphatic heterocycles. The molecule has 56 valence electrons. The fourth-order valence-electron chi connectivity index (χ4n) is 0.956. The normalized spacial score (nSPS) is 10.3. The second-order valence-corrected chi connectivity index (χ2v) is 3.25. The van der Waals surface area contributed by atoms with Crippen LogP contribution in [-0.2, 0) is 0 Å². The number of nitrogens with one attached hydrogen (secondary N) is 1. The first kappa shape index (κ1) is 6.57. The van der Waals surface area contributed by atoms with Crippen LogP contribution in [0.3, 0.4) is 0 Å². The lowest BCUT2D eigenvalue weighted by atomic mass is 10.3. The molecular formula is C7H7N3S. The fourth-order valence-corrected chi connectivity index (χ4v) is 1.80. The maximum absolute atomic E-state index is 5.25. The van der Waals surface area contributed by atoms with E-state index < -0.39 is 0 Å². The Labute approximate surface area is 67.8 Å². The summed E-state index contributed by atoms with van der Waals surface area (Å²) in [5.74, 6) is 5.25. The molecule has 0 saturated carbocycles. The second kappa shape index (κ2) is 2.48. The van der Waals surface area contributed by atoms with Crippen LogP contribution in [0.4, 0.5) is 5.00 Å². The summed E-state index contributed by atoms with van der Waals surface area (Å²) in [6, 6.07) is 3.97. The highest BCUT2D eigenvalue weighted by Crippen LogP contribution is 2.27. The van der Waals surface area contributed by atoms with Gasteiger partial charge in [-0.25, -0.2) is 5.84 Å². The molecular weight excluding hydrogens is 158 g/mol. The van der Waals surface area contributed by atoms with Crippen molar-refractivity contribution in [3.63, 3.8) is 0 Å². The van der Waals surface area contributed by atoms with E-state index in [-0.39, 0.29) is 0 Å². The predicted molar refractivity (Wildman–Crippen MR) is 47.4 cm³/mol. The molecule has 0 bridgehead atoms. The van der Waals surface area contributed by atoms with Gasteiger partial charge in [-0.1, -0.05) is 0 Å². The van der Waals surface area contributed by atoms with E-state index in [2.05, 4.69) is 10.4 Å². The lowest BCUT2D eigenvalue weighted by Gasteiger charge is -1.86. The number of pyridine rings is 1. The van der Waals surface area contributed by atoms with E-state index in [4.69, 9.17) is 5.84 Å². The summed E-state index contributed by atoms with van der Waals surface area (Å²) < 4.78 is 1.15. The zero-order valence-electron chi connectivity index (χ0n) is 5.74. The molecule has 3 N–H and O–H groups in total. The summed E-state index contributed by atoms with van der Waals surface area (Å²) in [6.07, 6.45) is 3.61.